The fourth-order valence-electron chi connectivity index (χ4n) is 5.47. The summed E-state index contributed by atoms with van der Waals surface area (Å²) in [5, 5.41) is 10.5. The van der Waals surface area contributed by atoms with Crippen LogP contribution in [-0.4, -0.2) is 34.4 Å². The number of fused-ring (bicyclic) bond motifs is 3. The second-order valence-corrected chi connectivity index (χ2v) is 11.5. The van der Waals surface area contributed by atoms with E-state index in [2.05, 4.69) is 4.57 Å². The number of amides is 1. The first kappa shape index (κ1) is 25.1. The molecule has 0 saturated heterocycles. The van der Waals surface area contributed by atoms with Gasteiger partial charge in [-0.05, 0) is 40.5 Å². The van der Waals surface area contributed by atoms with Crippen LogP contribution in [0.1, 0.15) is 16.8 Å². The average Bonchev–Trinajstić information content (AvgIpc) is 3.29. The SMILES string of the molecule is O=C(NO)[C@H]1Cc2c(n(Cc3ccccc3)c3ccccc23)CN1S(=O)(=O)c1ccc(-c2ccccc2)cc1. The highest BCUT2D eigenvalue weighted by Gasteiger charge is 2.41. The molecule has 0 fully saturated rings. The van der Waals surface area contributed by atoms with Crippen molar-refractivity contribution < 1.29 is 18.4 Å². The second kappa shape index (κ2) is 10.1. The molecule has 5 aromatic rings. The van der Waals surface area contributed by atoms with Gasteiger partial charge < -0.3 is 4.57 Å². The van der Waals surface area contributed by atoms with Gasteiger partial charge in [-0.1, -0.05) is 91.0 Å². The summed E-state index contributed by atoms with van der Waals surface area (Å²) in [6.45, 7) is 0.560. The number of para-hydroxylation sites is 1. The summed E-state index contributed by atoms with van der Waals surface area (Å²) in [7, 11) is -4.09. The lowest BCUT2D eigenvalue weighted by molar-refractivity contribution is -0.133. The topological polar surface area (TPSA) is 91.6 Å². The Bertz CT molecular complexity index is 1750. The minimum atomic E-state index is -4.09. The molecule has 0 aliphatic carbocycles. The third-order valence-electron chi connectivity index (χ3n) is 7.41. The summed E-state index contributed by atoms with van der Waals surface area (Å²) in [4.78, 5) is 13.0. The zero-order valence-electron chi connectivity index (χ0n) is 21.1. The van der Waals surface area contributed by atoms with Crippen LogP contribution in [0.15, 0.2) is 114 Å². The molecular formula is C31H27N3O4S. The maximum atomic E-state index is 14.0. The van der Waals surface area contributed by atoms with Gasteiger partial charge in [0.2, 0.25) is 10.0 Å². The number of aromatic nitrogens is 1. The monoisotopic (exact) mass is 537 g/mol. The molecule has 7 nitrogen and oxygen atoms in total. The molecule has 2 N–H and O–H groups in total. The fraction of sp³-hybridized carbons (Fsp3) is 0.129. The number of sulfonamides is 1. The van der Waals surface area contributed by atoms with Crippen LogP contribution in [0, 0.1) is 0 Å². The summed E-state index contributed by atoms with van der Waals surface area (Å²) < 4.78 is 31.4. The molecule has 1 aromatic heterocycles. The molecule has 8 heteroatoms. The molecule has 0 radical (unpaired) electrons. The summed E-state index contributed by atoms with van der Waals surface area (Å²) >= 11 is 0. The van der Waals surface area contributed by atoms with E-state index >= 15 is 0 Å². The molecule has 39 heavy (non-hydrogen) atoms. The van der Waals surface area contributed by atoms with E-state index in [0.29, 0.717) is 6.54 Å². The third-order valence-corrected chi connectivity index (χ3v) is 9.28. The number of hydroxylamine groups is 1. The number of carbonyl (C=O) groups is 1. The molecule has 4 aromatic carbocycles. The Hall–Kier alpha value is -4.24. The van der Waals surface area contributed by atoms with Gasteiger partial charge in [-0.3, -0.25) is 10.0 Å². The van der Waals surface area contributed by atoms with Gasteiger partial charge in [-0.25, -0.2) is 13.9 Å². The van der Waals surface area contributed by atoms with Gasteiger partial charge in [-0.15, -0.1) is 0 Å². The number of hydrogen-bond donors (Lipinski definition) is 2. The highest BCUT2D eigenvalue weighted by Crippen LogP contribution is 2.36. The predicted molar refractivity (Wildman–Crippen MR) is 150 cm³/mol. The van der Waals surface area contributed by atoms with Gasteiger partial charge in [0.05, 0.1) is 11.4 Å². The van der Waals surface area contributed by atoms with Gasteiger partial charge in [0.25, 0.3) is 5.91 Å². The molecule has 0 bridgehead atoms. The van der Waals surface area contributed by atoms with Crippen molar-refractivity contribution in [1.29, 1.82) is 0 Å². The third kappa shape index (κ3) is 4.52. The fourth-order valence-corrected chi connectivity index (χ4v) is 7.02. The van der Waals surface area contributed by atoms with Crippen LogP contribution in [0.3, 0.4) is 0 Å². The van der Waals surface area contributed by atoms with Crippen molar-refractivity contribution in [3.05, 3.63) is 126 Å². The number of nitrogens with zero attached hydrogens (tertiary/aromatic N) is 2. The minimum Gasteiger partial charge on any atom is -0.339 e. The number of hydrogen-bond acceptors (Lipinski definition) is 4. The standard InChI is InChI=1S/C31H27N3O4S/c35-31(32-36)29-19-27-26-13-7-8-14-28(26)33(20-22-9-3-1-4-10-22)30(27)21-34(29)39(37,38)25-17-15-24(16-18-25)23-11-5-2-6-12-23/h1-18,29,36H,19-21H2,(H,32,35)/t29-/m1/s1. The summed E-state index contributed by atoms with van der Waals surface area (Å²) in [6.07, 6.45) is 0.144. The number of benzene rings is 4. The minimum absolute atomic E-state index is 0.00228. The van der Waals surface area contributed by atoms with Crippen molar-refractivity contribution in [3.63, 3.8) is 0 Å². The van der Waals surface area contributed by atoms with Crippen LogP contribution in [-0.2, 0) is 34.3 Å². The zero-order chi connectivity index (χ0) is 27.0. The average molecular weight is 538 g/mol. The smallest absolute Gasteiger partial charge is 0.262 e. The Morgan fingerprint density at radius 1 is 0.821 bits per heavy atom. The molecule has 0 spiro atoms. The maximum absolute atomic E-state index is 14.0. The highest BCUT2D eigenvalue weighted by atomic mass is 32.2. The van der Waals surface area contributed by atoms with Gasteiger partial charge in [0.15, 0.2) is 0 Å². The van der Waals surface area contributed by atoms with Crippen molar-refractivity contribution >= 4 is 26.8 Å². The van der Waals surface area contributed by atoms with Gasteiger partial charge in [-0.2, -0.15) is 4.31 Å². The van der Waals surface area contributed by atoms with E-state index in [0.717, 1.165) is 38.9 Å². The van der Waals surface area contributed by atoms with Crippen molar-refractivity contribution in [2.45, 2.75) is 30.4 Å². The van der Waals surface area contributed by atoms with Gasteiger partial charge in [0, 0.05) is 29.6 Å². The lowest BCUT2D eigenvalue weighted by atomic mass is 9.98. The van der Waals surface area contributed by atoms with E-state index < -0.39 is 22.0 Å². The van der Waals surface area contributed by atoms with Crippen LogP contribution < -0.4 is 5.48 Å². The van der Waals surface area contributed by atoms with Crippen LogP contribution in [0.25, 0.3) is 22.0 Å². The molecule has 196 valence electrons. The molecule has 6 rings (SSSR count). The first-order valence-electron chi connectivity index (χ1n) is 12.7. The van der Waals surface area contributed by atoms with Crippen molar-refractivity contribution in [1.82, 2.24) is 14.4 Å². The molecule has 1 amide bonds. The van der Waals surface area contributed by atoms with E-state index in [1.807, 2.05) is 84.9 Å². The molecule has 2 heterocycles. The van der Waals surface area contributed by atoms with Crippen LogP contribution in [0.5, 0.6) is 0 Å². The number of nitrogens with one attached hydrogen (secondary N) is 1. The Balaban J connectivity index is 1.44. The number of rotatable bonds is 6. The Labute approximate surface area is 227 Å². The van der Waals surface area contributed by atoms with E-state index in [-0.39, 0.29) is 17.9 Å². The van der Waals surface area contributed by atoms with Crippen LogP contribution in [0.4, 0.5) is 0 Å². The molecule has 1 aliphatic heterocycles. The Morgan fingerprint density at radius 2 is 1.44 bits per heavy atom. The first-order valence-corrected chi connectivity index (χ1v) is 14.2. The molecular weight excluding hydrogens is 510 g/mol. The largest absolute Gasteiger partial charge is 0.339 e. The normalized spacial score (nSPS) is 15.7. The summed E-state index contributed by atoms with van der Waals surface area (Å²) in [5.41, 5.74) is 7.38. The molecule has 0 unspecified atom stereocenters. The Kier molecular flexibility index (Phi) is 6.52. The predicted octanol–water partition coefficient (Wildman–Crippen LogP) is 4.98. The highest BCUT2D eigenvalue weighted by molar-refractivity contribution is 7.89. The molecule has 0 saturated carbocycles. The van der Waals surface area contributed by atoms with E-state index in [1.54, 1.807) is 29.7 Å². The first-order chi connectivity index (χ1) is 19.0. The van der Waals surface area contributed by atoms with E-state index in [1.165, 1.54) is 4.31 Å². The van der Waals surface area contributed by atoms with E-state index in [9.17, 15) is 18.4 Å². The zero-order valence-corrected chi connectivity index (χ0v) is 21.9. The maximum Gasteiger partial charge on any atom is 0.262 e. The quantitative estimate of drug-likeness (QED) is 0.236. The van der Waals surface area contributed by atoms with Crippen molar-refractivity contribution in [2.75, 3.05) is 0 Å². The van der Waals surface area contributed by atoms with E-state index in [4.69, 9.17) is 0 Å². The summed E-state index contributed by atoms with van der Waals surface area (Å²) in [5.74, 6) is -0.759. The van der Waals surface area contributed by atoms with Crippen LogP contribution in [0.2, 0.25) is 0 Å². The van der Waals surface area contributed by atoms with Gasteiger partial charge >= 0.3 is 0 Å². The Morgan fingerprint density at radius 3 is 2.13 bits per heavy atom. The lowest BCUT2D eigenvalue weighted by Gasteiger charge is -2.34. The molecule has 1 aliphatic rings. The number of carbonyl (C=O) groups excluding carboxylic acids is 1. The second-order valence-electron chi connectivity index (χ2n) is 9.65. The van der Waals surface area contributed by atoms with Crippen molar-refractivity contribution in [2.24, 2.45) is 0 Å². The van der Waals surface area contributed by atoms with Crippen LogP contribution >= 0.6 is 0 Å². The molecule has 1 atom stereocenters. The lowest BCUT2D eigenvalue weighted by Crippen LogP contribution is -2.52. The van der Waals surface area contributed by atoms with Crippen molar-refractivity contribution in [3.8, 4) is 11.1 Å². The summed E-state index contributed by atoms with van der Waals surface area (Å²) in [6, 6.07) is 33.2. The van der Waals surface area contributed by atoms with Gasteiger partial charge in [0.1, 0.15) is 6.04 Å².